The molecule has 0 radical (unpaired) electrons. The van der Waals surface area contributed by atoms with Crippen LogP contribution in [0.3, 0.4) is 0 Å². The number of rotatable bonds is 8. The Labute approximate surface area is 215 Å². The third kappa shape index (κ3) is 5.70. The predicted octanol–water partition coefficient (Wildman–Crippen LogP) is 3.93. The largest absolute Gasteiger partial charge is 0.380 e. The Bertz CT molecular complexity index is 1230. The van der Waals surface area contributed by atoms with E-state index in [1.54, 1.807) is 24.1 Å². The number of hydrogen-bond donors (Lipinski definition) is 3. The molecule has 0 aromatic carbocycles. The molecule has 1 saturated carbocycles. The zero-order valence-corrected chi connectivity index (χ0v) is 21.6. The molecule has 3 N–H and O–H groups in total. The summed E-state index contributed by atoms with van der Waals surface area (Å²) in [5, 5.41) is 13.5. The van der Waals surface area contributed by atoms with Crippen LogP contribution in [0.25, 0.3) is 0 Å². The molecule has 0 unspecified atom stereocenters. The van der Waals surface area contributed by atoms with Gasteiger partial charge in [-0.05, 0) is 43.0 Å². The van der Waals surface area contributed by atoms with Crippen LogP contribution in [-0.2, 0) is 18.4 Å². The number of fused-ring (bicyclic) bond motifs is 1. The summed E-state index contributed by atoms with van der Waals surface area (Å²) in [6.45, 7) is 4.43. The molecule has 36 heavy (non-hydrogen) atoms. The molecule has 9 nitrogen and oxygen atoms in total. The van der Waals surface area contributed by atoms with Gasteiger partial charge in [-0.15, -0.1) is 11.3 Å². The third-order valence-electron chi connectivity index (χ3n) is 6.87. The van der Waals surface area contributed by atoms with Gasteiger partial charge in [0.05, 0.1) is 29.0 Å². The maximum atomic E-state index is 13.2. The molecule has 0 bridgehead atoms. The van der Waals surface area contributed by atoms with Gasteiger partial charge >= 0.3 is 0 Å². The topological polar surface area (TPSA) is 104 Å². The van der Waals surface area contributed by atoms with Gasteiger partial charge in [0.2, 0.25) is 5.91 Å². The van der Waals surface area contributed by atoms with E-state index in [0.717, 1.165) is 47.9 Å². The number of amides is 2. The maximum absolute atomic E-state index is 13.2. The van der Waals surface area contributed by atoms with Crippen molar-refractivity contribution in [2.75, 3.05) is 28.6 Å². The summed E-state index contributed by atoms with van der Waals surface area (Å²) in [5.74, 6) is 0.997. The van der Waals surface area contributed by atoms with Gasteiger partial charge in [0.25, 0.3) is 5.91 Å². The van der Waals surface area contributed by atoms with Crippen LogP contribution in [0.5, 0.6) is 0 Å². The molecule has 4 heterocycles. The van der Waals surface area contributed by atoms with Gasteiger partial charge in [-0.2, -0.15) is 5.10 Å². The molecule has 3 aromatic rings. The zero-order chi connectivity index (χ0) is 25.1. The van der Waals surface area contributed by atoms with Crippen LogP contribution >= 0.6 is 11.3 Å². The maximum Gasteiger partial charge on any atom is 0.262 e. The molecule has 1 atom stereocenters. The van der Waals surface area contributed by atoms with Crippen LogP contribution < -0.4 is 20.9 Å². The lowest BCUT2D eigenvalue weighted by molar-refractivity contribution is -0.118. The van der Waals surface area contributed by atoms with Crippen LogP contribution in [0.2, 0.25) is 0 Å². The van der Waals surface area contributed by atoms with Gasteiger partial charge in [0, 0.05) is 37.4 Å². The van der Waals surface area contributed by atoms with E-state index in [0.29, 0.717) is 29.4 Å². The first-order valence-corrected chi connectivity index (χ1v) is 13.4. The third-order valence-corrected chi connectivity index (χ3v) is 7.94. The molecule has 2 amide bonds. The second-order valence-corrected chi connectivity index (χ2v) is 11.0. The van der Waals surface area contributed by atoms with Crippen molar-refractivity contribution in [3.63, 3.8) is 0 Å². The lowest BCUT2D eigenvalue weighted by atomic mass is 9.97. The van der Waals surface area contributed by atoms with E-state index in [9.17, 15) is 9.59 Å². The number of nitrogens with one attached hydrogen (secondary N) is 3. The molecule has 3 aromatic heterocycles. The van der Waals surface area contributed by atoms with Crippen molar-refractivity contribution < 1.29 is 9.59 Å². The summed E-state index contributed by atoms with van der Waals surface area (Å²) < 4.78 is 1.64. The van der Waals surface area contributed by atoms with Crippen LogP contribution in [0.15, 0.2) is 36.8 Å². The zero-order valence-electron chi connectivity index (χ0n) is 20.8. The van der Waals surface area contributed by atoms with Crippen molar-refractivity contribution in [2.45, 2.75) is 51.6 Å². The first kappa shape index (κ1) is 24.3. The Kier molecular flexibility index (Phi) is 7.22. The van der Waals surface area contributed by atoms with E-state index >= 15 is 0 Å². The highest BCUT2D eigenvalue weighted by Crippen LogP contribution is 2.31. The fraction of sp³-hybridized carbons (Fsp3) is 0.462. The smallest absolute Gasteiger partial charge is 0.262 e. The molecular formula is C26H33N7O2S. The lowest BCUT2D eigenvalue weighted by Gasteiger charge is -2.30. The summed E-state index contributed by atoms with van der Waals surface area (Å²) in [7, 11) is 1.80. The summed E-state index contributed by atoms with van der Waals surface area (Å²) in [4.78, 5) is 34.9. The van der Waals surface area contributed by atoms with E-state index in [1.165, 1.54) is 24.2 Å². The lowest BCUT2D eigenvalue weighted by Crippen LogP contribution is -2.44. The Morgan fingerprint density at radius 2 is 2.08 bits per heavy atom. The molecule has 1 aliphatic carbocycles. The van der Waals surface area contributed by atoms with Gasteiger partial charge < -0.3 is 20.9 Å². The van der Waals surface area contributed by atoms with Crippen molar-refractivity contribution >= 4 is 40.3 Å². The number of carbonyl (C=O) groups excluding carboxylic acids is 2. The van der Waals surface area contributed by atoms with Crippen LogP contribution in [0, 0.1) is 12.8 Å². The van der Waals surface area contributed by atoms with Crippen LogP contribution in [-0.4, -0.2) is 45.7 Å². The highest BCUT2D eigenvalue weighted by Gasteiger charge is 2.28. The second kappa shape index (κ2) is 10.7. The minimum atomic E-state index is -0.584. The van der Waals surface area contributed by atoms with Crippen LogP contribution in [0.4, 0.5) is 17.2 Å². The number of anilines is 3. The summed E-state index contributed by atoms with van der Waals surface area (Å²) >= 11 is 1.47. The first-order valence-electron chi connectivity index (χ1n) is 12.6. The van der Waals surface area contributed by atoms with E-state index in [1.807, 2.05) is 25.3 Å². The molecule has 2 aliphatic rings. The number of aryl methyl sites for hydroxylation is 2. The minimum absolute atomic E-state index is 0.196. The van der Waals surface area contributed by atoms with Crippen molar-refractivity contribution in [1.82, 2.24) is 20.1 Å². The highest BCUT2D eigenvalue weighted by atomic mass is 32.1. The molecule has 0 spiro atoms. The number of nitrogens with zero attached hydrogens (tertiary/aromatic N) is 4. The fourth-order valence-electron chi connectivity index (χ4n) is 5.06. The summed E-state index contributed by atoms with van der Waals surface area (Å²) in [6, 6.07) is 5.38. The molecule has 5 rings (SSSR count). The van der Waals surface area contributed by atoms with Gasteiger partial charge in [-0.1, -0.05) is 25.7 Å². The van der Waals surface area contributed by atoms with Gasteiger partial charge in [-0.25, -0.2) is 4.98 Å². The number of carbonyl (C=O) groups is 2. The van der Waals surface area contributed by atoms with Gasteiger partial charge in [0.1, 0.15) is 6.04 Å². The molecular weight excluding hydrogens is 474 g/mol. The average Bonchev–Trinajstić information content (AvgIpc) is 3.62. The second-order valence-electron chi connectivity index (χ2n) is 9.80. The SMILES string of the molecule is Cc1cnc2c(c1)NCCN2Cc1ccc(C(=O)N[C@@H](CC2CCCC2)C(=O)Nc2cnn(C)c2)s1. The first-order chi connectivity index (χ1) is 17.4. The molecule has 0 saturated heterocycles. The number of pyridine rings is 1. The number of hydrogen-bond acceptors (Lipinski definition) is 7. The Morgan fingerprint density at radius 3 is 2.86 bits per heavy atom. The molecule has 10 heteroatoms. The Hall–Kier alpha value is -3.40. The molecule has 190 valence electrons. The van der Waals surface area contributed by atoms with E-state index in [-0.39, 0.29) is 11.8 Å². The van der Waals surface area contributed by atoms with Crippen molar-refractivity contribution in [3.8, 4) is 0 Å². The monoisotopic (exact) mass is 507 g/mol. The standard InChI is InChI=1S/C26H33N7O2S/c1-17-11-21-24(28-13-17)33(10-9-27-21)16-20-7-8-23(36-20)26(35)31-22(12-18-5-3-4-6-18)25(34)30-19-14-29-32(2)15-19/h7-8,11,13-15,18,22,27H,3-6,9-10,12,16H2,1-2H3,(H,30,34)(H,31,35)/t22-/m0/s1. The van der Waals surface area contributed by atoms with Crippen molar-refractivity contribution in [2.24, 2.45) is 13.0 Å². The number of aromatic nitrogens is 3. The van der Waals surface area contributed by atoms with E-state index in [4.69, 9.17) is 0 Å². The molecule has 1 fully saturated rings. The average molecular weight is 508 g/mol. The Balaban J connectivity index is 1.25. The quantitative estimate of drug-likeness (QED) is 0.427. The Morgan fingerprint density at radius 1 is 1.25 bits per heavy atom. The predicted molar refractivity (Wildman–Crippen MR) is 142 cm³/mol. The van der Waals surface area contributed by atoms with Crippen LogP contribution in [0.1, 0.15) is 52.2 Å². The van der Waals surface area contributed by atoms with Crippen molar-refractivity contribution in [1.29, 1.82) is 0 Å². The van der Waals surface area contributed by atoms with E-state index < -0.39 is 6.04 Å². The summed E-state index contributed by atoms with van der Waals surface area (Å²) in [6.07, 6.45) is 10.5. The normalized spacial score (nSPS) is 16.3. The van der Waals surface area contributed by atoms with Crippen molar-refractivity contribution in [3.05, 3.63) is 52.1 Å². The van der Waals surface area contributed by atoms with Gasteiger partial charge in [-0.3, -0.25) is 14.3 Å². The summed E-state index contributed by atoms with van der Waals surface area (Å²) in [5.41, 5.74) is 2.80. The minimum Gasteiger partial charge on any atom is -0.380 e. The highest BCUT2D eigenvalue weighted by molar-refractivity contribution is 7.14. The van der Waals surface area contributed by atoms with Gasteiger partial charge in [0.15, 0.2) is 5.82 Å². The number of thiophene rings is 1. The fourth-order valence-corrected chi connectivity index (χ4v) is 5.98. The van der Waals surface area contributed by atoms with E-state index in [2.05, 4.69) is 37.0 Å². The molecule has 1 aliphatic heterocycles.